The predicted octanol–water partition coefficient (Wildman–Crippen LogP) is 4.57. The van der Waals surface area contributed by atoms with Crippen molar-refractivity contribution < 1.29 is 14.0 Å². The van der Waals surface area contributed by atoms with Crippen molar-refractivity contribution >= 4 is 52.5 Å². The van der Waals surface area contributed by atoms with Crippen molar-refractivity contribution in [2.75, 3.05) is 11.1 Å². The van der Waals surface area contributed by atoms with E-state index in [0.717, 1.165) is 11.8 Å². The van der Waals surface area contributed by atoms with E-state index in [0.29, 0.717) is 28.2 Å². The topological polar surface area (TPSA) is 88.9 Å². The van der Waals surface area contributed by atoms with E-state index in [1.165, 1.54) is 18.2 Å². The Kier molecular flexibility index (Phi) is 8.26. The Balaban J connectivity index is 1.63. The third-order valence-electron chi connectivity index (χ3n) is 4.19. The Morgan fingerprint density at radius 1 is 1.16 bits per heavy atom. The zero-order valence-electron chi connectivity index (χ0n) is 16.6. The van der Waals surface area contributed by atoms with Crippen LogP contribution in [0.4, 0.5) is 10.1 Å². The van der Waals surface area contributed by atoms with Gasteiger partial charge in [-0.15, -0.1) is 16.8 Å². The van der Waals surface area contributed by atoms with E-state index in [1.54, 1.807) is 34.9 Å². The van der Waals surface area contributed by atoms with Crippen LogP contribution in [0.1, 0.15) is 16.2 Å². The Labute approximate surface area is 198 Å². The number of allylic oxidation sites excluding steroid dienone is 1. The minimum atomic E-state index is -0.611. The number of carbonyl (C=O) groups excluding carboxylic acids is 2. The van der Waals surface area contributed by atoms with Crippen molar-refractivity contribution in [1.82, 2.24) is 20.1 Å². The number of hydrogen-bond acceptors (Lipinski definition) is 5. The molecule has 3 rings (SSSR count). The van der Waals surface area contributed by atoms with Crippen LogP contribution in [-0.2, 0) is 17.9 Å². The van der Waals surface area contributed by atoms with Gasteiger partial charge in [0.15, 0.2) is 11.0 Å². The molecule has 166 valence electrons. The summed E-state index contributed by atoms with van der Waals surface area (Å²) >= 11 is 13.2. The van der Waals surface area contributed by atoms with E-state index in [9.17, 15) is 14.0 Å². The number of halogens is 3. The summed E-state index contributed by atoms with van der Waals surface area (Å²) in [6, 6.07) is 10.6. The van der Waals surface area contributed by atoms with Crippen LogP contribution in [0.5, 0.6) is 0 Å². The summed E-state index contributed by atoms with van der Waals surface area (Å²) in [4.78, 5) is 24.6. The van der Waals surface area contributed by atoms with Crippen molar-refractivity contribution in [2.24, 2.45) is 0 Å². The zero-order valence-corrected chi connectivity index (χ0v) is 19.0. The molecule has 3 aromatic rings. The molecule has 0 atom stereocenters. The van der Waals surface area contributed by atoms with Gasteiger partial charge in [-0.2, -0.15) is 0 Å². The lowest BCUT2D eigenvalue weighted by atomic mass is 10.2. The first-order valence-electron chi connectivity index (χ1n) is 9.33. The molecule has 2 aromatic carbocycles. The van der Waals surface area contributed by atoms with Gasteiger partial charge in [0.05, 0.1) is 33.6 Å². The maximum Gasteiger partial charge on any atom is 0.254 e. The molecule has 2 amide bonds. The van der Waals surface area contributed by atoms with Crippen molar-refractivity contribution in [1.29, 1.82) is 0 Å². The fraction of sp³-hybridized carbons (Fsp3) is 0.143. The fourth-order valence-corrected chi connectivity index (χ4v) is 3.80. The zero-order chi connectivity index (χ0) is 23.1. The standard InChI is InChI=1S/C21H18Cl2FN5O2S/c1-2-10-29-17(11-25-20(31)13-6-3-4-8-15(13)24)27-28-21(29)32-12-18(30)26-16-9-5-7-14(22)19(16)23/h2-9H,1,10-12H2,(H,25,31)(H,26,30). The third kappa shape index (κ3) is 5.87. The van der Waals surface area contributed by atoms with Gasteiger partial charge in [-0.05, 0) is 24.3 Å². The van der Waals surface area contributed by atoms with Gasteiger partial charge in [0.25, 0.3) is 5.91 Å². The maximum absolute atomic E-state index is 13.8. The van der Waals surface area contributed by atoms with E-state index in [4.69, 9.17) is 23.2 Å². The van der Waals surface area contributed by atoms with Gasteiger partial charge in [-0.25, -0.2) is 4.39 Å². The van der Waals surface area contributed by atoms with Crippen LogP contribution in [0.25, 0.3) is 0 Å². The van der Waals surface area contributed by atoms with Gasteiger partial charge in [0.1, 0.15) is 5.82 Å². The molecule has 0 saturated carbocycles. The molecule has 0 unspecified atom stereocenters. The largest absolute Gasteiger partial charge is 0.345 e. The van der Waals surface area contributed by atoms with E-state index in [2.05, 4.69) is 27.4 Å². The predicted molar refractivity (Wildman–Crippen MR) is 124 cm³/mol. The number of thioether (sulfide) groups is 1. The second-order valence-electron chi connectivity index (χ2n) is 6.40. The summed E-state index contributed by atoms with van der Waals surface area (Å²) < 4.78 is 15.5. The Hall–Kier alpha value is -2.88. The number of amides is 2. The minimum Gasteiger partial charge on any atom is -0.345 e. The molecule has 0 radical (unpaired) electrons. The normalized spacial score (nSPS) is 10.6. The molecular formula is C21H18Cl2FN5O2S. The SMILES string of the molecule is C=CCn1c(CNC(=O)c2ccccc2F)nnc1SCC(=O)Nc1cccc(Cl)c1Cl. The van der Waals surface area contributed by atoms with E-state index in [1.807, 2.05) is 0 Å². The molecule has 0 saturated heterocycles. The Morgan fingerprint density at radius 3 is 2.69 bits per heavy atom. The smallest absolute Gasteiger partial charge is 0.254 e. The van der Waals surface area contributed by atoms with Crippen molar-refractivity contribution in [3.8, 4) is 0 Å². The lowest BCUT2D eigenvalue weighted by molar-refractivity contribution is -0.113. The van der Waals surface area contributed by atoms with Gasteiger partial charge in [-0.1, -0.05) is 59.2 Å². The number of nitrogens with zero attached hydrogens (tertiary/aromatic N) is 3. The van der Waals surface area contributed by atoms with E-state index >= 15 is 0 Å². The molecule has 0 bridgehead atoms. The molecular weight excluding hydrogens is 476 g/mol. The fourth-order valence-electron chi connectivity index (χ4n) is 2.69. The second kappa shape index (κ2) is 11.1. The number of aromatic nitrogens is 3. The highest BCUT2D eigenvalue weighted by Crippen LogP contribution is 2.29. The van der Waals surface area contributed by atoms with Crippen molar-refractivity contribution in [2.45, 2.75) is 18.2 Å². The average molecular weight is 494 g/mol. The van der Waals surface area contributed by atoms with Crippen molar-refractivity contribution in [3.63, 3.8) is 0 Å². The van der Waals surface area contributed by atoms with Gasteiger partial charge in [0.2, 0.25) is 5.91 Å². The average Bonchev–Trinajstić information content (AvgIpc) is 3.16. The van der Waals surface area contributed by atoms with Crippen LogP contribution in [0.15, 0.2) is 60.3 Å². The summed E-state index contributed by atoms with van der Waals surface area (Å²) in [5.41, 5.74) is 0.349. The maximum atomic E-state index is 13.8. The molecule has 1 heterocycles. The summed E-state index contributed by atoms with van der Waals surface area (Å²) in [7, 11) is 0. The number of hydrogen-bond donors (Lipinski definition) is 2. The summed E-state index contributed by atoms with van der Waals surface area (Å²) in [6.45, 7) is 4.10. The van der Waals surface area contributed by atoms with Gasteiger partial charge in [-0.3, -0.25) is 9.59 Å². The van der Waals surface area contributed by atoms with Gasteiger partial charge < -0.3 is 15.2 Å². The monoisotopic (exact) mass is 493 g/mol. The quantitative estimate of drug-likeness (QED) is 0.336. The molecule has 2 N–H and O–H groups in total. The number of benzene rings is 2. The summed E-state index contributed by atoms with van der Waals surface area (Å²) in [5, 5.41) is 14.5. The van der Waals surface area contributed by atoms with Crippen LogP contribution >= 0.6 is 35.0 Å². The molecule has 0 aliphatic carbocycles. The number of nitrogens with one attached hydrogen (secondary N) is 2. The molecule has 0 spiro atoms. The summed E-state index contributed by atoms with van der Waals surface area (Å²) in [6.07, 6.45) is 1.64. The number of carbonyl (C=O) groups is 2. The molecule has 1 aromatic heterocycles. The Bertz CT molecular complexity index is 1150. The lowest BCUT2D eigenvalue weighted by Crippen LogP contribution is -2.25. The number of rotatable bonds is 9. The van der Waals surface area contributed by atoms with Gasteiger partial charge in [0, 0.05) is 6.54 Å². The summed E-state index contributed by atoms with van der Waals surface area (Å²) in [5.74, 6) is -1.00. The van der Waals surface area contributed by atoms with Crippen LogP contribution in [0.3, 0.4) is 0 Å². The highest BCUT2D eigenvalue weighted by atomic mass is 35.5. The van der Waals surface area contributed by atoms with Crippen LogP contribution in [-0.4, -0.2) is 32.3 Å². The minimum absolute atomic E-state index is 0.0267. The number of anilines is 1. The second-order valence-corrected chi connectivity index (χ2v) is 8.13. The third-order valence-corrected chi connectivity index (χ3v) is 5.97. The molecule has 7 nitrogen and oxygen atoms in total. The Morgan fingerprint density at radius 2 is 1.94 bits per heavy atom. The molecule has 32 heavy (non-hydrogen) atoms. The molecule has 0 aliphatic rings. The van der Waals surface area contributed by atoms with Crippen LogP contribution < -0.4 is 10.6 Å². The molecule has 0 fully saturated rings. The van der Waals surface area contributed by atoms with E-state index in [-0.39, 0.29) is 28.8 Å². The molecule has 0 aliphatic heterocycles. The molecule has 11 heteroatoms. The van der Waals surface area contributed by atoms with E-state index < -0.39 is 11.7 Å². The first-order valence-corrected chi connectivity index (χ1v) is 11.1. The first-order chi connectivity index (χ1) is 15.4. The van der Waals surface area contributed by atoms with Gasteiger partial charge >= 0.3 is 0 Å². The lowest BCUT2D eigenvalue weighted by Gasteiger charge is -2.10. The first kappa shape index (κ1) is 23.8. The van der Waals surface area contributed by atoms with Crippen LogP contribution in [0, 0.1) is 5.82 Å². The highest BCUT2D eigenvalue weighted by Gasteiger charge is 2.16. The van der Waals surface area contributed by atoms with Crippen molar-refractivity contribution in [3.05, 3.63) is 82.4 Å². The highest BCUT2D eigenvalue weighted by molar-refractivity contribution is 7.99. The van der Waals surface area contributed by atoms with Crippen LogP contribution in [0.2, 0.25) is 10.0 Å².